The van der Waals surface area contributed by atoms with Crippen LogP contribution in [0.25, 0.3) is 0 Å². The van der Waals surface area contributed by atoms with E-state index in [-0.39, 0.29) is 6.54 Å². The Balaban J connectivity index is 2.04. The molecule has 1 aliphatic rings. The van der Waals surface area contributed by atoms with E-state index < -0.39 is 11.7 Å². The fraction of sp³-hybridized carbons (Fsp3) is 0.267. The van der Waals surface area contributed by atoms with Crippen LogP contribution in [-0.2, 0) is 18.4 Å². The van der Waals surface area contributed by atoms with Gasteiger partial charge in [0, 0.05) is 7.05 Å². The summed E-state index contributed by atoms with van der Waals surface area (Å²) in [4.78, 5) is 25.7. The van der Waals surface area contributed by atoms with Gasteiger partial charge < -0.3 is 0 Å². The molecule has 0 bridgehead atoms. The number of rotatable bonds is 2. The lowest BCUT2D eigenvalue weighted by Gasteiger charge is -2.17. The molecule has 2 aromatic rings. The van der Waals surface area contributed by atoms with E-state index in [1.54, 1.807) is 30.8 Å². The molecule has 1 aromatic heterocycles. The van der Waals surface area contributed by atoms with Crippen LogP contribution in [0.5, 0.6) is 0 Å². The van der Waals surface area contributed by atoms with Crippen molar-refractivity contribution in [1.82, 2.24) is 9.78 Å². The number of aromatic nitrogens is 2. The monoisotopic (exact) mass is 303 g/mol. The Morgan fingerprint density at radius 3 is 2.57 bits per heavy atom. The molecule has 6 heteroatoms. The number of hydrogen-bond acceptors (Lipinski definition) is 3. The van der Waals surface area contributed by atoms with E-state index in [1.807, 2.05) is 13.0 Å². The maximum absolute atomic E-state index is 12.2. The predicted octanol–water partition coefficient (Wildman–Crippen LogP) is 2.42. The minimum absolute atomic E-state index is 0.233. The van der Waals surface area contributed by atoms with E-state index in [2.05, 4.69) is 5.10 Å². The van der Waals surface area contributed by atoms with Crippen LogP contribution < -0.4 is 4.90 Å². The molecular weight excluding hydrogens is 290 g/mol. The Morgan fingerprint density at radius 1 is 1.24 bits per heavy atom. The summed E-state index contributed by atoms with van der Waals surface area (Å²) >= 11 is 6.22. The number of carbonyl (C=O) groups excluding carboxylic acids is 2. The molecule has 0 saturated heterocycles. The van der Waals surface area contributed by atoms with Crippen LogP contribution in [0, 0.1) is 13.8 Å². The van der Waals surface area contributed by atoms with Gasteiger partial charge in [-0.2, -0.15) is 5.10 Å². The van der Waals surface area contributed by atoms with Gasteiger partial charge in [0.15, 0.2) is 0 Å². The van der Waals surface area contributed by atoms with Crippen molar-refractivity contribution in [2.75, 3.05) is 4.90 Å². The Labute approximate surface area is 127 Å². The quantitative estimate of drug-likeness (QED) is 0.801. The smallest absolute Gasteiger partial charge is 0.299 e. The number of amides is 1. The minimum Gasteiger partial charge on any atom is -0.299 e. The second kappa shape index (κ2) is 4.70. The zero-order chi connectivity index (χ0) is 15.3. The van der Waals surface area contributed by atoms with Crippen LogP contribution in [0.2, 0.25) is 5.02 Å². The van der Waals surface area contributed by atoms with Gasteiger partial charge in [0.1, 0.15) is 0 Å². The number of fused-ring (bicyclic) bond motifs is 1. The minimum atomic E-state index is -0.523. The van der Waals surface area contributed by atoms with E-state index in [0.717, 1.165) is 5.56 Å². The van der Waals surface area contributed by atoms with Gasteiger partial charge in [-0.1, -0.05) is 23.2 Å². The van der Waals surface area contributed by atoms with Crippen molar-refractivity contribution in [2.24, 2.45) is 7.05 Å². The number of Topliss-reactive ketones (excluding diaryl/α,β-unsaturated/α-hetero) is 1. The Bertz CT molecular complexity index is 779. The molecule has 21 heavy (non-hydrogen) atoms. The molecule has 0 fully saturated rings. The third-order valence-corrected chi connectivity index (χ3v) is 4.19. The van der Waals surface area contributed by atoms with Crippen LogP contribution in [0.15, 0.2) is 18.2 Å². The Kier molecular flexibility index (Phi) is 3.10. The molecule has 0 unspecified atom stereocenters. The topological polar surface area (TPSA) is 55.2 Å². The van der Waals surface area contributed by atoms with Crippen LogP contribution in [-0.4, -0.2) is 21.5 Å². The first-order valence-corrected chi connectivity index (χ1v) is 6.92. The van der Waals surface area contributed by atoms with Crippen molar-refractivity contribution in [1.29, 1.82) is 0 Å². The highest BCUT2D eigenvalue weighted by atomic mass is 35.5. The molecule has 1 amide bonds. The molecule has 0 saturated carbocycles. The van der Waals surface area contributed by atoms with Crippen molar-refractivity contribution < 1.29 is 9.59 Å². The van der Waals surface area contributed by atoms with Crippen molar-refractivity contribution in [3.05, 3.63) is 45.7 Å². The normalized spacial score (nSPS) is 14.0. The Morgan fingerprint density at radius 2 is 1.95 bits per heavy atom. The van der Waals surface area contributed by atoms with Gasteiger partial charge in [-0.3, -0.25) is 19.2 Å². The van der Waals surface area contributed by atoms with Crippen molar-refractivity contribution in [3.63, 3.8) is 0 Å². The number of nitrogens with zero attached hydrogens (tertiary/aromatic N) is 3. The summed E-state index contributed by atoms with van der Waals surface area (Å²) in [6.45, 7) is 3.93. The molecule has 3 rings (SSSR count). The van der Waals surface area contributed by atoms with Gasteiger partial charge in [0.25, 0.3) is 11.7 Å². The standard InChI is InChI=1S/C15H14ClN3O2/c1-8-4-5-11-10(6-8)14(20)15(21)19(11)7-12-13(16)9(2)17-18(12)3/h4-6H,7H2,1-3H3. The number of benzene rings is 1. The number of carbonyl (C=O) groups is 2. The summed E-state index contributed by atoms with van der Waals surface area (Å²) < 4.78 is 1.64. The van der Waals surface area contributed by atoms with Crippen molar-refractivity contribution in [2.45, 2.75) is 20.4 Å². The van der Waals surface area contributed by atoms with E-state index in [4.69, 9.17) is 11.6 Å². The van der Waals surface area contributed by atoms with E-state index in [0.29, 0.717) is 27.7 Å². The van der Waals surface area contributed by atoms with Crippen LogP contribution in [0.4, 0.5) is 5.69 Å². The fourth-order valence-corrected chi connectivity index (χ4v) is 2.79. The molecular formula is C15H14ClN3O2. The number of anilines is 1. The third-order valence-electron chi connectivity index (χ3n) is 3.70. The first kappa shape index (κ1) is 13.8. The molecule has 5 nitrogen and oxygen atoms in total. The molecule has 0 N–H and O–H groups in total. The maximum Gasteiger partial charge on any atom is 0.299 e. The first-order chi connectivity index (χ1) is 9.90. The van der Waals surface area contributed by atoms with E-state index in [9.17, 15) is 9.59 Å². The molecule has 0 spiro atoms. The van der Waals surface area contributed by atoms with Crippen LogP contribution in [0.3, 0.4) is 0 Å². The highest BCUT2D eigenvalue weighted by Crippen LogP contribution is 2.32. The predicted molar refractivity (Wildman–Crippen MR) is 79.7 cm³/mol. The van der Waals surface area contributed by atoms with Gasteiger partial charge in [0.2, 0.25) is 0 Å². The molecule has 0 radical (unpaired) electrons. The summed E-state index contributed by atoms with van der Waals surface area (Å²) in [5, 5.41) is 4.75. The van der Waals surface area contributed by atoms with Gasteiger partial charge in [-0.15, -0.1) is 0 Å². The molecule has 1 aromatic carbocycles. The lowest BCUT2D eigenvalue weighted by atomic mass is 10.1. The second-order valence-corrected chi connectivity index (χ2v) is 5.59. The SMILES string of the molecule is Cc1ccc2c(c1)C(=O)C(=O)N2Cc1c(Cl)c(C)nn1C. The second-order valence-electron chi connectivity index (χ2n) is 5.21. The van der Waals surface area contributed by atoms with Crippen LogP contribution in [0.1, 0.15) is 27.3 Å². The summed E-state index contributed by atoms with van der Waals surface area (Å²) in [7, 11) is 1.77. The molecule has 1 aliphatic heterocycles. The summed E-state index contributed by atoms with van der Waals surface area (Å²) in [6, 6.07) is 5.42. The lowest BCUT2D eigenvalue weighted by Crippen LogP contribution is -2.30. The molecule has 0 atom stereocenters. The number of halogens is 1. The summed E-state index contributed by atoms with van der Waals surface area (Å²) in [5.74, 6) is -0.991. The highest BCUT2D eigenvalue weighted by Gasteiger charge is 2.36. The van der Waals surface area contributed by atoms with E-state index in [1.165, 1.54) is 4.90 Å². The van der Waals surface area contributed by atoms with Gasteiger partial charge in [0.05, 0.1) is 34.2 Å². The average molecular weight is 304 g/mol. The zero-order valence-corrected chi connectivity index (χ0v) is 12.7. The number of ketones is 1. The maximum atomic E-state index is 12.2. The summed E-state index contributed by atoms with van der Waals surface area (Å²) in [5.41, 5.74) is 3.45. The van der Waals surface area contributed by atoms with E-state index >= 15 is 0 Å². The molecule has 108 valence electrons. The lowest BCUT2D eigenvalue weighted by molar-refractivity contribution is -0.114. The largest absolute Gasteiger partial charge is 0.299 e. The van der Waals surface area contributed by atoms with Gasteiger partial charge >= 0.3 is 0 Å². The highest BCUT2D eigenvalue weighted by molar-refractivity contribution is 6.52. The fourth-order valence-electron chi connectivity index (χ4n) is 2.57. The number of hydrogen-bond donors (Lipinski definition) is 0. The first-order valence-electron chi connectivity index (χ1n) is 6.55. The van der Waals surface area contributed by atoms with Gasteiger partial charge in [-0.05, 0) is 26.0 Å². The van der Waals surface area contributed by atoms with Crippen molar-refractivity contribution >= 4 is 29.0 Å². The third kappa shape index (κ3) is 2.05. The molecule has 0 aliphatic carbocycles. The Hall–Kier alpha value is -2.14. The van der Waals surface area contributed by atoms with Gasteiger partial charge in [-0.25, -0.2) is 0 Å². The average Bonchev–Trinajstić information content (AvgIpc) is 2.81. The summed E-state index contributed by atoms with van der Waals surface area (Å²) in [6.07, 6.45) is 0. The van der Waals surface area contributed by atoms with Crippen LogP contribution >= 0.6 is 11.6 Å². The number of aryl methyl sites for hydroxylation is 3. The molecule has 2 heterocycles. The van der Waals surface area contributed by atoms with Crippen molar-refractivity contribution in [3.8, 4) is 0 Å². The zero-order valence-electron chi connectivity index (χ0n) is 12.0.